The third-order valence-electron chi connectivity index (χ3n) is 5.18. The van der Waals surface area contributed by atoms with Crippen molar-refractivity contribution in [3.05, 3.63) is 0 Å². The van der Waals surface area contributed by atoms with Gasteiger partial charge < -0.3 is 35.4 Å². The summed E-state index contributed by atoms with van der Waals surface area (Å²) >= 11 is 0. The number of aliphatic hydroxyl groups excluding tert-OH is 3. The molecule has 1 aliphatic rings. The van der Waals surface area contributed by atoms with E-state index in [1.807, 2.05) is 0 Å². The minimum Gasteiger partial charge on any atom is -0.394 e. The van der Waals surface area contributed by atoms with Crippen molar-refractivity contribution in [1.29, 1.82) is 0 Å². The van der Waals surface area contributed by atoms with Crippen LogP contribution in [-0.4, -0.2) is 77.5 Å². The van der Waals surface area contributed by atoms with Crippen molar-refractivity contribution in [2.75, 3.05) is 19.8 Å². The zero-order valence-corrected chi connectivity index (χ0v) is 18.3. The summed E-state index contributed by atoms with van der Waals surface area (Å²) in [7, 11) is 0. The van der Waals surface area contributed by atoms with E-state index in [4.69, 9.17) is 9.47 Å². The van der Waals surface area contributed by atoms with Crippen LogP contribution in [0, 0.1) is 0 Å². The number of unbranched alkanes of at least 4 members (excludes halogenated alkanes) is 6. The van der Waals surface area contributed by atoms with E-state index in [0.717, 1.165) is 57.9 Å². The Bertz CT molecular complexity index is 492. The standard InChI is InChI=1S/C21H40N2O7/c1-3-4-12-22-17(26)11-9-7-5-6-8-10-13-29-21-18(23-15(2)25)20(28)19(27)16(14-24)30-21/h16,18-21,24,27-28H,3-14H2,1-2H3,(H,22,26)(H,23,25)/t16?,18?,19-,20?,21+/m0/s1. The molecule has 1 fully saturated rings. The van der Waals surface area contributed by atoms with E-state index >= 15 is 0 Å². The van der Waals surface area contributed by atoms with Crippen molar-refractivity contribution < 1.29 is 34.4 Å². The van der Waals surface area contributed by atoms with Crippen molar-refractivity contribution in [1.82, 2.24) is 10.6 Å². The second-order valence-electron chi connectivity index (χ2n) is 7.88. The number of ether oxygens (including phenoxy) is 2. The van der Waals surface area contributed by atoms with Crippen LogP contribution in [0.2, 0.25) is 0 Å². The first-order valence-corrected chi connectivity index (χ1v) is 11.2. The molecule has 0 aromatic rings. The van der Waals surface area contributed by atoms with Crippen LogP contribution in [0.25, 0.3) is 0 Å². The fraction of sp³-hybridized carbons (Fsp3) is 0.905. The van der Waals surface area contributed by atoms with Crippen LogP contribution in [0.1, 0.15) is 71.6 Å². The van der Waals surface area contributed by atoms with Gasteiger partial charge >= 0.3 is 0 Å². The summed E-state index contributed by atoms with van der Waals surface area (Å²) in [6.45, 7) is 4.09. The van der Waals surface area contributed by atoms with Crippen LogP contribution in [0.15, 0.2) is 0 Å². The van der Waals surface area contributed by atoms with E-state index in [0.29, 0.717) is 13.0 Å². The van der Waals surface area contributed by atoms with Crippen LogP contribution in [0.4, 0.5) is 0 Å². The molecular weight excluding hydrogens is 392 g/mol. The molecule has 9 heteroatoms. The first kappa shape index (κ1) is 26.8. The number of rotatable bonds is 15. The molecule has 176 valence electrons. The van der Waals surface area contributed by atoms with Crippen LogP contribution < -0.4 is 10.6 Å². The molecule has 0 saturated carbocycles. The molecule has 0 aliphatic carbocycles. The lowest BCUT2D eigenvalue weighted by Gasteiger charge is -2.42. The number of carbonyl (C=O) groups excluding carboxylic acids is 2. The van der Waals surface area contributed by atoms with Crippen LogP contribution in [-0.2, 0) is 19.1 Å². The van der Waals surface area contributed by atoms with Gasteiger partial charge in [-0.3, -0.25) is 9.59 Å². The van der Waals surface area contributed by atoms with Gasteiger partial charge in [-0.25, -0.2) is 0 Å². The molecule has 0 aromatic carbocycles. The highest BCUT2D eigenvalue weighted by molar-refractivity contribution is 5.75. The van der Waals surface area contributed by atoms with Gasteiger partial charge in [0.2, 0.25) is 11.8 Å². The third-order valence-corrected chi connectivity index (χ3v) is 5.18. The molecule has 1 saturated heterocycles. The Morgan fingerprint density at radius 2 is 1.67 bits per heavy atom. The Morgan fingerprint density at radius 1 is 1.00 bits per heavy atom. The molecule has 0 spiro atoms. The minimum atomic E-state index is -1.31. The maximum Gasteiger partial charge on any atom is 0.219 e. The summed E-state index contributed by atoms with van der Waals surface area (Å²) in [5, 5.41) is 35.0. The zero-order chi connectivity index (χ0) is 22.4. The average molecular weight is 433 g/mol. The lowest BCUT2D eigenvalue weighted by molar-refractivity contribution is -0.270. The monoisotopic (exact) mass is 432 g/mol. The summed E-state index contributed by atoms with van der Waals surface area (Å²) < 4.78 is 11.2. The van der Waals surface area contributed by atoms with E-state index < -0.39 is 37.3 Å². The number of hydrogen-bond donors (Lipinski definition) is 5. The first-order chi connectivity index (χ1) is 14.4. The van der Waals surface area contributed by atoms with Gasteiger partial charge in [-0.2, -0.15) is 0 Å². The van der Waals surface area contributed by atoms with Gasteiger partial charge in [0, 0.05) is 26.5 Å². The highest BCUT2D eigenvalue weighted by Crippen LogP contribution is 2.22. The number of hydrogen-bond acceptors (Lipinski definition) is 7. The summed E-state index contributed by atoms with van der Waals surface area (Å²) in [6.07, 6.45) is 3.91. The smallest absolute Gasteiger partial charge is 0.219 e. The Hall–Kier alpha value is -1.26. The van der Waals surface area contributed by atoms with Gasteiger partial charge in [0.05, 0.1) is 6.61 Å². The van der Waals surface area contributed by atoms with Crippen molar-refractivity contribution >= 4 is 11.8 Å². The van der Waals surface area contributed by atoms with Crippen molar-refractivity contribution in [2.45, 2.75) is 102 Å². The van der Waals surface area contributed by atoms with Crippen molar-refractivity contribution in [3.63, 3.8) is 0 Å². The van der Waals surface area contributed by atoms with Crippen LogP contribution in [0.5, 0.6) is 0 Å². The SMILES string of the molecule is CCCCNC(=O)CCCCCCCCO[C@@H]1OC(CO)[C@H](O)C(O)C1NC(C)=O. The van der Waals surface area contributed by atoms with Gasteiger partial charge in [0.1, 0.15) is 24.4 Å². The highest BCUT2D eigenvalue weighted by Gasteiger charge is 2.45. The molecule has 5 atom stereocenters. The maximum atomic E-state index is 11.6. The summed E-state index contributed by atoms with van der Waals surface area (Å²) in [6, 6.07) is -0.899. The Balaban J connectivity index is 2.17. The summed E-state index contributed by atoms with van der Waals surface area (Å²) in [4.78, 5) is 23.0. The summed E-state index contributed by atoms with van der Waals surface area (Å²) in [5.41, 5.74) is 0. The lowest BCUT2D eigenvalue weighted by Crippen LogP contribution is -2.64. The Morgan fingerprint density at radius 3 is 2.30 bits per heavy atom. The molecule has 30 heavy (non-hydrogen) atoms. The molecule has 5 N–H and O–H groups in total. The van der Waals surface area contributed by atoms with E-state index in [9.17, 15) is 24.9 Å². The van der Waals surface area contributed by atoms with Gasteiger partial charge in [-0.1, -0.05) is 39.0 Å². The zero-order valence-electron chi connectivity index (χ0n) is 18.3. The molecule has 0 aromatic heterocycles. The molecule has 2 amide bonds. The summed E-state index contributed by atoms with van der Waals surface area (Å²) in [5.74, 6) is -0.239. The molecule has 1 aliphatic heterocycles. The van der Waals surface area contributed by atoms with E-state index in [1.54, 1.807) is 0 Å². The van der Waals surface area contributed by atoms with Gasteiger partial charge in [0.25, 0.3) is 0 Å². The quantitative estimate of drug-likeness (QED) is 0.239. The van der Waals surface area contributed by atoms with E-state index in [2.05, 4.69) is 17.6 Å². The fourth-order valence-electron chi connectivity index (χ4n) is 3.40. The molecule has 3 unspecified atom stereocenters. The lowest BCUT2D eigenvalue weighted by atomic mass is 9.97. The molecule has 9 nitrogen and oxygen atoms in total. The third kappa shape index (κ3) is 10.2. The average Bonchev–Trinajstić information content (AvgIpc) is 2.71. The minimum absolute atomic E-state index is 0.131. The molecular formula is C21H40N2O7. The predicted molar refractivity (Wildman–Crippen MR) is 112 cm³/mol. The van der Waals surface area contributed by atoms with Crippen molar-refractivity contribution in [3.8, 4) is 0 Å². The van der Waals surface area contributed by atoms with Gasteiger partial charge in [-0.15, -0.1) is 0 Å². The van der Waals surface area contributed by atoms with E-state index in [1.165, 1.54) is 6.92 Å². The number of carbonyl (C=O) groups is 2. The molecule has 0 bridgehead atoms. The second kappa shape index (κ2) is 15.5. The normalized spacial score (nSPS) is 26.4. The first-order valence-electron chi connectivity index (χ1n) is 11.2. The van der Waals surface area contributed by atoms with Gasteiger partial charge in [0.15, 0.2) is 6.29 Å². The van der Waals surface area contributed by atoms with Gasteiger partial charge in [-0.05, 0) is 19.3 Å². The molecule has 0 radical (unpaired) electrons. The molecule has 1 heterocycles. The predicted octanol–water partition coefficient (Wildman–Crippen LogP) is 0.594. The maximum absolute atomic E-state index is 11.6. The number of amides is 2. The number of aliphatic hydroxyl groups is 3. The van der Waals surface area contributed by atoms with E-state index in [-0.39, 0.29) is 11.8 Å². The highest BCUT2D eigenvalue weighted by atomic mass is 16.7. The van der Waals surface area contributed by atoms with Crippen molar-refractivity contribution in [2.24, 2.45) is 0 Å². The largest absolute Gasteiger partial charge is 0.394 e. The van der Waals surface area contributed by atoms with Crippen LogP contribution in [0.3, 0.4) is 0 Å². The molecule has 1 rings (SSSR count). The Labute approximate surface area is 179 Å². The topological polar surface area (TPSA) is 137 Å². The fourth-order valence-corrected chi connectivity index (χ4v) is 3.40. The number of nitrogens with one attached hydrogen (secondary N) is 2. The second-order valence-corrected chi connectivity index (χ2v) is 7.88. The Kier molecular flexibility index (Phi) is 13.9. The van der Waals surface area contributed by atoms with Crippen LogP contribution >= 0.6 is 0 Å².